The van der Waals surface area contributed by atoms with Gasteiger partial charge in [-0.15, -0.1) is 0 Å². The van der Waals surface area contributed by atoms with Gasteiger partial charge in [0.05, 0.1) is 24.7 Å². The van der Waals surface area contributed by atoms with Crippen LogP contribution in [0.5, 0.6) is 5.75 Å². The molecular formula is C25H28N6O2. The number of hydrogen-bond acceptors (Lipinski definition) is 7. The summed E-state index contributed by atoms with van der Waals surface area (Å²) in [5.74, 6) is 1.45. The molecule has 0 saturated carbocycles. The van der Waals surface area contributed by atoms with E-state index in [-0.39, 0.29) is 5.91 Å². The summed E-state index contributed by atoms with van der Waals surface area (Å²) in [6.07, 6.45) is 4.37. The topological polar surface area (TPSA) is 82.6 Å². The highest BCUT2D eigenvalue weighted by Crippen LogP contribution is 2.28. The molecule has 2 aliphatic rings. The van der Waals surface area contributed by atoms with E-state index >= 15 is 0 Å². The number of ether oxygens (including phenoxy) is 1. The number of amides is 1. The first-order valence-corrected chi connectivity index (χ1v) is 11.3. The number of nitrogens with zero attached hydrogens (tertiary/aromatic N) is 4. The first kappa shape index (κ1) is 21.2. The Morgan fingerprint density at radius 2 is 1.94 bits per heavy atom. The van der Waals surface area contributed by atoms with Crippen LogP contribution in [0.25, 0.3) is 0 Å². The number of fused-ring (bicyclic) bond motifs is 1. The van der Waals surface area contributed by atoms with Crippen LogP contribution in [-0.4, -0.2) is 55.7 Å². The minimum Gasteiger partial charge on any atom is -0.497 e. The number of carbonyl (C=O) groups is 1. The van der Waals surface area contributed by atoms with Crippen LogP contribution in [-0.2, 0) is 13.0 Å². The molecule has 1 fully saturated rings. The summed E-state index contributed by atoms with van der Waals surface area (Å²) in [7, 11) is 1.69. The highest BCUT2D eigenvalue weighted by Gasteiger charge is 2.20. The Balaban J connectivity index is 1.32. The summed E-state index contributed by atoms with van der Waals surface area (Å²) in [6, 6.07) is 13.8. The summed E-state index contributed by atoms with van der Waals surface area (Å²) in [5, 5.41) is 6.38. The van der Waals surface area contributed by atoms with E-state index in [1.54, 1.807) is 25.6 Å². The first-order chi connectivity index (χ1) is 16.2. The first-order valence-electron chi connectivity index (χ1n) is 11.3. The summed E-state index contributed by atoms with van der Waals surface area (Å²) in [5.41, 5.74) is 4.64. The average molecular weight is 445 g/mol. The molecule has 2 aliphatic heterocycles. The molecule has 1 saturated heterocycles. The Hall–Kier alpha value is -3.65. The van der Waals surface area contributed by atoms with Crippen molar-refractivity contribution in [2.24, 2.45) is 0 Å². The number of methoxy groups -OCH3 is 1. The standard InChI is InChI=1S/C25H28N6O2/c1-33-20-6-5-19-17-31(12-8-18(19)15-20)24-4-2-3-21(28-24)25(32)29-22-16-27-9-7-23(22)30-13-10-26-11-14-30/h2-7,9,15-16,26H,8,10-14,17H2,1H3,(H,29,32). The van der Waals surface area contributed by atoms with Crippen molar-refractivity contribution >= 4 is 23.1 Å². The van der Waals surface area contributed by atoms with Crippen LogP contribution in [0.3, 0.4) is 0 Å². The Kier molecular flexibility index (Phi) is 6.08. The van der Waals surface area contributed by atoms with Crippen LogP contribution >= 0.6 is 0 Å². The lowest BCUT2D eigenvalue weighted by Gasteiger charge is -2.31. The lowest BCUT2D eigenvalue weighted by atomic mass is 9.99. The van der Waals surface area contributed by atoms with Crippen molar-refractivity contribution in [3.05, 3.63) is 71.7 Å². The maximum Gasteiger partial charge on any atom is 0.274 e. The number of carbonyl (C=O) groups excluding carboxylic acids is 1. The van der Waals surface area contributed by atoms with Gasteiger partial charge in [0.15, 0.2) is 0 Å². The van der Waals surface area contributed by atoms with Gasteiger partial charge in [0.25, 0.3) is 5.91 Å². The van der Waals surface area contributed by atoms with Gasteiger partial charge in [0, 0.05) is 45.5 Å². The Labute approximate surface area is 193 Å². The minimum absolute atomic E-state index is 0.233. The molecule has 8 nitrogen and oxygen atoms in total. The van der Waals surface area contributed by atoms with Crippen LogP contribution in [0.1, 0.15) is 21.6 Å². The van der Waals surface area contributed by atoms with Crippen molar-refractivity contribution in [2.45, 2.75) is 13.0 Å². The van der Waals surface area contributed by atoms with Crippen molar-refractivity contribution < 1.29 is 9.53 Å². The normalized spacial score (nSPS) is 15.7. The summed E-state index contributed by atoms with van der Waals surface area (Å²) < 4.78 is 5.35. The van der Waals surface area contributed by atoms with E-state index in [2.05, 4.69) is 42.5 Å². The molecule has 8 heteroatoms. The molecule has 0 aliphatic carbocycles. The molecule has 33 heavy (non-hydrogen) atoms. The van der Waals surface area contributed by atoms with Crippen LogP contribution in [0, 0.1) is 0 Å². The number of hydrogen-bond donors (Lipinski definition) is 2. The molecule has 1 aromatic carbocycles. The third kappa shape index (κ3) is 4.61. The molecule has 0 spiro atoms. The summed E-state index contributed by atoms with van der Waals surface area (Å²) in [6.45, 7) is 5.23. The molecule has 0 atom stereocenters. The van der Waals surface area contributed by atoms with E-state index < -0.39 is 0 Å². The van der Waals surface area contributed by atoms with Gasteiger partial charge in [0.1, 0.15) is 17.3 Å². The molecule has 4 heterocycles. The van der Waals surface area contributed by atoms with Gasteiger partial charge in [-0.1, -0.05) is 12.1 Å². The number of aromatic nitrogens is 2. The van der Waals surface area contributed by atoms with E-state index in [4.69, 9.17) is 4.74 Å². The second-order valence-corrected chi connectivity index (χ2v) is 8.27. The zero-order chi connectivity index (χ0) is 22.6. The summed E-state index contributed by atoms with van der Waals surface area (Å²) >= 11 is 0. The Bertz CT molecular complexity index is 1150. The van der Waals surface area contributed by atoms with E-state index in [0.29, 0.717) is 11.4 Å². The third-order valence-corrected chi connectivity index (χ3v) is 6.22. The van der Waals surface area contributed by atoms with Crippen molar-refractivity contribution in [1.82, 2.24) is 15.3 Å². The van der Waals surface area contributed by atoms with Crippen LogP contribution in [0.4, 0.5) is 17.2 Å². The van der Waals surface area contributed by atoms with Crippen molar-refractivity contribution in [3.8, 4) is 5.75 Å². The van der Waals surface area contributed by atoms with E-state index in [9.17, 15) is 4.79 Å². The maximum absolute atomic E-state index is 13.1. The highest BCUT2D eigenvalue weighted by molar-refractivity contribution is 6.04. The monoisotopic (exact) mass is 444 g/mol. The molecule has 1 amide bonds. The Morgan fingerprint density at radius 1 is 1.06 bits per heavy atom. The highest BCUT2D eigenvalue weighted by atomic mass is 16.5. The number of pyridine rings is 2. The zero-order valence-electron chi connectivity index (χ0n) is 18.8. The Morgan fingerprint density at radius 3 is 2.79 bits per heavy atom. The molecule has 2 N–H and O–H groups in total. The fourth-order valence-corrected chi connectivity index (χ4v) is 4.43. The lowest BCUT2D eigenvalue weighted by Crippen LogP contribution is -2.43. The molecule has 2 aromatic heterocycles. The third-order valence-electron chi connectivity index (χ3n) is 6.22. The van der Waals surface area contributed by atoms with Gasteiger partial charge in [-0.25, -0.2) is 4.98 Å². The zero-order valence-corrected chi connectivity index (χ0v) is 18.8. The van der Waals surface area contributed by atoms with Crippen molar-refractivity contribution in [1.29, 1.82) is 0 Å². The van der Waals surface area contributed by atoms with Crippen LogP contribution in [0.2, 0.25) is 0 Å². The van der Waals surface area contributed by atoms with Gasteiger partial charge in [0.2, 0.25) is 0 Å². The van der Waals surface area contributed by atoms with Crippen molar-refractivity contribution in [2.75, 3.05) is 55.0 Å². The van der Waals surface area contributed by atoms with Gasteiger partial charge in [-0.05, 0) is 47.9 Å². The second kappa shape index (κ2) is 9.46. The SMILES string of the molecule is COc1ccc2c(c1)CCN(c1cccc(C(=O)Nc3cnccc3N3CCNCC3)n1)C2. The molecule has 3 aromatic rings. The predicted molar refractivity (Wildman–Crippen MR) is 129 cm³/mol. The maximum atomic E-state index is 13.1. The van der Waals surface area contributed by atoms with Gasteiger partial charge >= 0.3 is 0 Å². The van der Waals surface area contributed by atoms with E-state index in [1.165, 1.54) is 11.1 Å². The van der Waals surface area contributed by atoms with Gasteiger partial charge in [-0.3, -0.25) is 9.78 Å². The van der Waals surface area contributed by atoms with E-state index in [1.807, 2.05) is 24.3 Å². The molecule has 170 valence electrons. The number of nitrogens with one attached hydrogen (secondary N) is 2. The fraction of sp³-hybridized carbons (Fsp3) is 0.320. The second-order valence-electron chi connectivity index (χ2n) is 8.27. The molecule has 0 bridgehead atoms. The van der Waals surface area contributed by atoms with Gasteiger partial charge < -0.3 is 25.2 Å². The summed E-state index contributed by atoms with van der Waals surface area (Å²) in [4.78, 5) is 26.5. The number of piperazine rings is 1. The number of anilines is 3. The molecule has 5 rings (SSSR count). The molecule has 0 radical (unpaired) electrons. The minimum atomic E-state index is -0.233. The predicted octanol–water partition coefficient (Wildman–Crippen LogP) is 2.71. The number of rotatable bonds is 5. The molecular weight excluding hydrogens is 416 g/mol. The average Bonchev–Trinajstić information content (AvgIpc) is 2.89. The molecule has 0 unspecified atom stereocenters. The largest absolute Gasteiger partial charge is 0.497 e. The van der Waals surface area contributed by atoms with Crippen LogP contribution < -0.4 is 25.2 Å². The van der Waals surface area contributed by atoms with Gasteiger partial charge in [-0.2, -0.15) is 0 Å². The van der Waals surface area contributed by atoms with E-state index in [0.717, 1.165) is 62.9 Å². The lowest BCUT2D eigenvalue weighted by molar-refractivity contribution is 0.102. The number of benzene rings is 1. The fourth-order valence-electron chi connectivity index (χ4n) is 4.43. The van der Waals surface area contributed by atoms with Crippen LogP contribution in [0.15, 0.2) is 54.9 Å². The van der Waals surface area contributed by atoms with Crippen molar-refractivity contribution in [3.63, 3.8) is 0 Å². The smallest absolute Gasteiger partial charge is 0.274 e. The quantitative estimate of drug-likeness (QED) is 0.626.